The summed E-state index contributed by atoms with van der Waals surface area (Å²) >= 11 is 5.71. The first-order chi connectivity index (χ1) is 17.0. The molecule has 1 aromatic carbocycles. The van der Waals surface area contributed by atoms with E-state index in [4.69, 9.17) is 16.7 Å². The molecule has 0 bridgehead atoms. The molecule has 2 heterocycles. The van der Waals surface area contributed by atoms with Gasteiger partial charge < -0.3 is 15.5 Å². The van der Waals surface area contributed by atoms with Crippen LogP contribution in [0.15, 0.2) is 43.0 Å². The number of nitrogens with zero attached hydrogens (tertiary/aromatic N) is 4. The molecule has 2 aromatic heterocycles. The van der Waals surface area contributed by atoms with Gasteiger partial charge in [0.15, 0.2) is 0 Å². The highest BCUT2D eigenvalue weighted by molar-refractivity contribution is 7.84. The third kappa shape index (κ3) is 6.03. The van der Waals surface area contributed by atoms with Crippen molar-refractivity contribution in [3.05, 3.63) is 70.6 Å². The van der Waals surface area contributed by atoms with Crippen molar-refractivity contribution < 1.29 is 32.0 Å². The number of rotatable bonds is 9. The minimum atomic E-state index is -4.21. The van der Waals surface area contributed by atoms with Crippen molar-refractivity contribution in [2.24, 2.45) is 11.1 Å². The Balaban J connectivity index is 1.47. The first kappa shape index (κ1) is 26.1. The number of hydrogen-bond acceptors (Lipinski definition) is 10. The van der Waals surface area contributed by atoms with Crippen LogP contribution in [-0.2, 0) is 21.0 Å². The molecule has 5 N–H and O–H groups in total. The minimum absolute atomic E-state index is 0.00217. The molecule has 1 fully saturated rings. The number of aliphatic hydroxyl groups is 2. The summed E-state index contributed by atoms with van der Waals surface area (Å²) in [6.45, 7) is -0.217. The molecule has 1 aliphatic rings. The fourth-order valence-corrected chi connectivity index (χ4v) is 4.42. The molecule has 15 heteroatoms. The highest BCUT2D eigenvalue weighted by Crippen LogP contribution is 2.30. The van der Waals surface area contributed by atoms with Crippen molar-refractivity contribution in [3.8, 4) is 0 Å². The number of benzene rings is 1. The lowest BCUT2D eigenvalue weighted by molar-refractivity contribution is 0.00778. The van der Waals surface area contributed by atoms with Gasteiger partial charge >= 0.3 is 10.3 Å². The summed E-state index contributed by atoms with van der Waals surface area (Å²) in [6.07, 6.45) is 1.57. The zero-order chi connectivity index (χ0) is 26.0. The number of nitrogens with one attached hydrogen (secondary N) is 1. The summed E-state index contributed by atoms with van der Waals surface area (Å²) in [6, 6.07) is 5.07. The van der Waals surface area contributed by atoms with Crippen LogP contribution in [0.25, 0.3) is 0 Å². The summed E-state index contributed by atoms with van der Waals surface area (Å²) < 4.78 is 41.8. The van der Waals surface area contributed by atoms with Gasteiger partial charge in [-0.05, 0) is 30.2 Å². The number of aliphatic hydroxyl groups excluding tert-OH is 2. The minimum Gasteiger partial charge on any atom is -0.390 e. The third-order valence-electron chi connectivity index (χ3n) is 5.73. The van der Waals surface area contributed by atoms with Crippen molar-refractivity contribution in [3.63, 3.8) is 0 Å². The molecule has 0 saturated heterocycles. The molecule has 0 amide bonds. The Hall–Kier alpha value is -3.01. The number of halogens is 2. The topological polar surface area (TPSA) is 183 Å². The van der Waals surface area contributed by atoms with E-state index in [1.54, 1.807) is 12.3 Å². The maximum Gasteiger partial charge on any atom is 0.333 e. The van der Waals surface area contributed by atoms with Gasteiger partial charge in [0.25, 0.3) is 0 Å². The second-order valence-corrected chi connectivity index (χ2v) is 9.89. The number of nitrogens with two attached hydrogens (primary N) is 1. The Labute approximate surface area is 210 Å². The molecule has 3 aromatic rings. The first-order valence-corrected chi connectivity index (χ1v) is 12.5. The highest BCUT2D eigenvalue weighted by Gasteiger charge is 2.42. The number of carbonyl (C=O) groups excluding carboxylic acids is 1. The summed E-state index contributed by atoms with van der Waals surface area (Å²) in [5.74, 6) is -1.72. The predicted octanol–water partition coefficient (Wildman–Crippen LogP) is 0.487. The van der Waals surface area contributed by atoms with E-state index in [2.05, 4.69) is 24.6 Å². The van der Waals surface area contributed by atoms with E-state index in [1.165, 1.54) is 35.4 Å². The Kier molecular flexibility index (Phi) is 7.63. The summed E-state index contributed by atoms with van der Waals surface area (Å²) in [5.41, 5.74) is 0.735. The molecular formula is C21H22ClFN6O6S. The van der Waals surface area contributed by atoms with Gasteiger partial charge in [0, 0.05) is 18.3 Å². The van der Waals surface area contributed by atoms with Crippen LogP contribution in [0, 0.1) is 11.7 Å². The smallest absolute Gasteiger partial charge is 0.333 e. The third-order valence-corrected chi connectivity index (χ3v) is 6.50. The van der Waals surface area contributed by atoms with Gasteiger partial charge in [0.05, 0.1) is 35.9 Å². The van der Waals surface area contributed by atoms with Crippen LogP contribution in [0.3, 0.4) is 0 Å². The van der Waals surface area contributed by atoms with Gasteiger partial charge in [-0.15, -0.1) is 0 Å². The molecule has 36 heavy (non-hydrogen) atoms. The number of ketones is 1. The normalized spacial score (nSPS) is 22.0. The quantitative estimate of drug-likeness (QED) is 0.278. The van der Waals surface area contributed by atoms with Gasteiger partial charge in [-0.1, -0.05) is 17.7 Å². The lowest BCUT2D eigenvalue weighted by atomic mass is 10.1. The van der Waals surface area contributed by atoms with Crippen molar-refractivity contribution in [2.75, 3.05) is 11.9 Å². The van der Waals surface area contributed by atoms with Crippen molar-refractivity contribution in [1.82, 2.24) is 19.7 Å². The molecule has 0 aliphatic heterocycles. The Morgan fingerprint density at radius 2 is 2.08 bits per heavy atom. The molecular weight excluding hydrogens is 519 g/mol. The van der Waals surface area contributed by atoms with E-state index in [9.17, 15) is 27.8 Å². The molecule has 192 valence electrons. The van der Waals surface area contributed by atoms with Crippen molar-refractivity contribution >= 4 is 33.5 Å². The molecule has 4 atom stereocenters. The lowest BCUT2D eigenvalue weighted by Gasteiger charge is -2.19. The van der Waals surface area contributed by atoms with E-state index < -0.39 is 52.7 Å². The molecule has 1 aliphatic carbocycles. The number of carbonyl (C=O) groups is 1. The molecule has 0 spiro atoms. The van der Waals surface area contributed by atoms with Gasteiger partial charge in [-0.2, -0.15) is 13.5 Å². The predicted molar refractivity (Wildman–Crippen MR) is 125 cm³/mol. The van der Waals surface area contributed by atoms with Crippen LogP contribution in [0.2, 0.25) is 5.02 Å². The molecule has 12 nitrogen and oxygen atoms in total. The number of hydrogen-bond donors (Lipinski definition) is 4. The van der Waals surface area contributed by atoms with Crippen LogP contribution in [0.1, 0.15) is 28.0 Å². The van der Waals surface area contributed by atoms with Gasteiger partial charge in [-0.3, -0.25) is 13.7 Å². The Morgan fingerprint density at radius 1 is 1.31 bits per heavy atom. The highest BCUT2D eigenvalue weighted by atomic mass is 35.5. The van der Waals surface area contributed by atoms with E-state index in [0.29, 0.717) is 5.56 Å². The molecule has 4 rings (SSSR count). The lowest BCUT2D eigenvalue weighted by Crippen LogP contribution is -2.36. The van der Waals surface area contributed by atoms with Crippen LogP contribution in [0.4, 0.5) is 10.2 Å². The standard InChI is InChI=1S/C21H22ClFN6O6S/c22-14-2-1-11(5-15(14)23)8-29-4-3-16(28-29)19(31)13-7-25-10-26-21(13)27-17-6-12(18(30)20(17)32)9-35-36(24,33)34/h1-5,7,10,12,17-18,20,30,32H,6,8-9H2,(H2,24,33,34)(H,25,26,27)/t12-,17-,18-,20+/m1/s1. The van der Waals surface area contributed by atoms with Crippen molar-refractivity contribution in [2.45, 2.75) is 31.2 Å². The fraction of sp³-hybridized carbons (Fsp3) is 0.333. The molecule has 0 unspecified atom stereocenters. The van der Waals surface area contributed by atoms with Crippen LogP contribution in [-0.4, -0.2) is 69.0 Å². The van der Waals surface area contributed by atoms with Gasteiger partial charge in [0.2, 0.25) is 5.78 Å². The van der Waals surface area contributed by atoms with Crippen LogP contribution in [0.5, 0.6) is 0 Å². The Bertz CT molecular complexity index is 1370. The molecule has 0 radical (unpaired) electrons. The van der Waals surface area contributed by atoms with E-state index in [-0.39, 0.29) is 35.1 Å². The molecule has 1 saturated carbocycles. The monoisotopic (exact) mass is 540 g/mol. The maximum atomic E-state index is 13.7. The second kappa shape index (κ2) is 10.5. The fourth-order valence-electron chi connectivity index (χ4n) is 3.94. The SMILES string of the molecule is NS(=O)(=O)OC[C@H]1C[C@@H](Nc2ncncc2C(=O)c2ccn(Cc3ccc(Cl)c(F)c3)n2)[C@H](O)[C@@H]1O. The zero-order valence-corrected chi connectivity index (χ0v) is 20.1. The van der Waals surface area contributed by atoms with Gasteiger partial charge in [0.1, 0.15) is 29.8 Å². The average molecular weight is 541 g/mol. The van der Waals surface area contributed by atoms with E-state index in [1.807, 2.05) is 0 Å². The van der Waals surface area contributed by atoms with E-state index >= 15 is 0 Å². The van der Waals surface area contributed by atoms with E-state index in [0.717, 1.165) is 0 Å². The zero-order valence-electron chi connectivity index (χ0n) is 18.5. The first-order valence-electron chi connectivity index (χ1n) is 10.6. The summed E-state index contributed by atoms with van der Waals surface area (Å²) in [5, 5.41) is 32.7. The van der Waals surface area contributed by atoms with Gasteiger partial charge in [-0.25, -0.2) is 19.5 Å². The number of aromatic nitrogens is 4. The Morgan fingerprint density at radius 3 is 2.81 bits per heavy atom. The van der Waals surface area contributed by atoms with Crippen molar-refractivity contribution in [1.29, 1.82) is 0 Å². The maximum absolute atomic E-state index is 13.7. The summed E-state index contributed by atoms with van der Waals surface area (Å²) in [7, 11) is -4.21. The average Bonchev–Trinajstić information content (AvgIpc) is 3.40. The second-order valence-electron chi connectivity index (χ2n) is 8.27. The van der Waals surface area contributed by atoms with Crippen LogP contribution < -0.4 is 10.5 Å². The largest absolute Gasteiger partial charge is 0.390 e. The number of anilines is 1. The van der Waals surface area contributed by atoms with Crippen LogP contribution >= 0.6 is 11.6 Å². The summed E-state index contributed by atoms with van der Waals surface area (Å²) in [4.78, 5) is 21.1.